The molecule has 1 aliphatic heterocycles. The quantitative estimate of drug-likeness (QED) is 0.427. The Hall–Kier alpha value is -2.45. The van der Waals surface area contributed by atoms with Crippen LogP contribution in [0.5, 0.6) is 0 Å². The van der Waals surface area contributed by atoms with E-state index in [1.807, 2.05) is 36.4 Å². The molecule has 1 aliphatic rings. The topological polar surface area (TPSA) is 75.4 Å². The zero-order valence-corrected chi connectivity index (χ0v) is 19.1. The fourth-order valence-corrected chi connectivity index (χ4v) is 5.85. The fourth-order valence-electron chi connectivity index (χ4n) is 4.37. The number of likely N-dealkylation sites (tertiary alicyclic amines) is 1. The van der Waals surface area contributed by atoms with Crippen LogP contribution in [0.2, 0.25) is 5.02 Å². The molecule has 5 rings (SSSR count). The van der Waals surface area contributed by atoms with Gasteiger partial charge in [0.15, 0.2) is 5.58 Å². The first-order valence-corrected chi connectivity index (χ1v) is 12.6. The van der Waals surface area contributed by atoms with Crippen molar-refractivity contribution in [2.24, 2.45) is 0 Å². The van der Waals surface area contributed by atoms with E-state index < -0.39 is 10.0 Å². The Morgan fingerprint density at radius 3 is 2.81 bits per heavy atom. The third kappa shape index (κ3) is 4.52. The summed E-state index contributed by atoms with van der Waals surface area (Å²) < 4.78 is 34.1. The largest absolute Gasteiger partial charge is 0.356 e. The van der Waals surface area contributed by atoms with Crippen LogP contribution in [0, 0.1) is 0 Å². The van der Waals surface area contributed by atoms with Crippen molar-refractivity contribution in [3.63, 3.8) is 0 Å². The van der Waals surface area contributed by atoms with Gasteiger partial charge in [-0.1, -0.05) is 41.0 Å². The number of aryl methyl sites for hydroxylation is 1. The summed E-state index contributed by atoms with van der Waals surface area (Å²) >= 11 is 6.02. The molecule has 1 aromatic heterocycles. The molecule has 0 spiro atoms. The van der Waals surface area contributed by atoms with Crippen molar-refractivity contribution in [3.8, 4) is 0 Å². The Bertz CT molecular complexity index is 1370. The van der Waals surface area contributed by atoms with Crippen LogP contribution >= 0.6 is 11.6 Å². The number of fused-ring (bicyclic) bond motifs is 2. The number of hydrogen-bond donors (Lipinski definition) is 1. The lowest BCUT2D eigenvalue weighted by Crippen LogP contribution is -2.37. The molecular formula is C24H24ClN3O3S. The molecule has 32 heavy (non-hydrogen) atoms. The van der Waals surface area contributed by atoms with E-state index in [2.05, 4.69) is 14.8 Å². The van der Waals surface area contributed by atoms with Crippen LogP contribution < -0.4 is 4.72 Å². The maximum atomic E-state index is 12.9. The van der Waals surface area contributed by atoms with E-state index in [0.29, 0.717) is 11.6 Å². The number of sulfonamides is 1. The predicted octanol–water partition coefficient (Wildman–Crippen LogP) is 4.62. The second-order valence-electron chi connectivity index (χ2n) is 8.29. The van der Waals surface area contributed by atoms with Gasteiger partial charge in [0.25, 0.3) is 0 Å². The lowest BCUT2D eigenvalue weighted by Gasteiger charge is -2.16. The van der Waals surface area contributed by atoms with Crippen molar-refractivity contribution in [2.45, 2.75) is 30.2 Å². The van der Waals surface area contributed by atoms with Crippen LogP contribution in [0.25, 0.3) is 21.7 Å². The van der Waals surface area contributed by atoms with Crippen molar-refractivity contribution < 1.29 is 12.9 Å². The summed E-state index contributed by atoms with van der Waals surface area (Å²) in [5.41, 5.74) is 1.80. The van der Waals surface area contributed by atoms with Crippen molar-refractivity contribution >= 4 is 43.4 Å². The van der Waals surface area contributed by atoms with Crippen LogP contribution in [0.1, 0.15) is 18.5 Å². The highest BCUT2D eigenvalue weighted by atomic mass is 35.5. The van der Waals surface area contributed by atoms with Gasteiger partial charge in [0.1, 0.15) is 0 Å². The van der Waals surface area contributed by atoms with Crippen LogP contribution in [-0.4, -0.2) is 44.2 Å². The van der Waals surface area contributed by atoms with E-state index in [1.165, 1.54) is 0 Å². The maximum absolute atomic E-state index is 12.9. The van der Waals surface area contributed by atoms with Gasteiger partial charge in [0.2, 0.25) is 10.0 Å². The Morgan fingerprint density at radius 1 is 1.09 bits per heavy atom. The molecule has 3 aromatic carbocycles. The molecule has 1 fully saturated rings. The van der Waals surface area contributed by atoms with Gasteiger partial charge in [-0.05, 0) is 79.5 Å². The predicted molar refractivity (Wildman–Crippen MR) is 126 cm³/mol. The smallest absolute Gasteiger partial charge is 0.240 e. The molecule has 1 atom stereocenters. The molecule has 0 amide bonds. The average molecular weight is 470 g/mol. The number of para-hydroxylation sites is 1. The highest BCUT2D eigenvalue weighted by Gasteiger charge is 2.27. The van der Waals surface area contributed by atoms with Gasteiger partial charge in [0.05, 0.1) is 10.6 Å². The minimum atomic E-state index is -3.58. The number of rotatable bonds is 7. The van der Waals surface area contributed by atoms with Crippen LogP contribution in [0.3, 0.4) is 0 Å². The van der Waals surface area contributed by atoms with Crippen molar-refractivity contribution in [1.82, 2.24) is 14.8 Å². The third-order valence-electron chi connectivity index (χ3n) is 6.02. The molecule has 6 nitrogen and oxygen atoms in total. The van der Waals surface area contributed by atoms with Gasteiger partial charge in [-0.15, -0.1) is 0 Å². The first kappa shape index (κ1) is 21.4. The second kappa shape index (κ2) is 8.83. The minimum Gasteiger partial charge on any atom is -0.356 e. The summed E-state index contributed by atoms with van der Waals surface area (Å²) in [6.07, 6.45) is 2.59. The maximum Gasteiger partial charge on any atom is 0.240 e. The summed E-state index contributed by atoms with van der Waals surface area (Å²) in [4.78, 5) is 2.58. The van der Waals surface area contributed by atoms with Crippen molar-refractivity contribution in [1.29, 1.82) is 0 Å². The fraction of sp³-hybridized carbons (Fsp3) is 0.292. The van der Waals surface area contributed by atoms with Gasteiger partial charge < -0.3 is 9.42 Å². The van der Waals surface area contributed by atoms with Crippen LogP contribution in [0.15, 0.2) is 70.1 Å². The number of halogens is 1. The lowest BCUT2D eigenvalue weighted by molar-refractivity contribution is 0.326. The van der Waals surface area contributed by atoms with Crippen LogP contribution in [0.4, 0.5) is 0 Å². The van der Waals surface area contributed by atoms with E-state index in [-0.39, 0.29) is 10.9 Å². The molecule has 166 valence electrons. The molecule has 1 saturated heterocycles. The van der Waals surface area contributed by atoms with Gasteiger partial charge >= 0.3 is 0 Å². The Balaban J connectivity index is 1.17. The number of benzene rings is 3. The summed E-state index contributed by atoms with van der Waals surface area (Å²) in [5.74, 6) is 0. The summed E-state index contributed by atoms with van der Waals surface area (Å²) in [5, 5.41) is 7.66. The Kier molecular flexibility index (Phi) is 5.90. The SMILES string of the molecule is O=S(=O)(N[C@@H]1CCN(CCCc2noc3ccccc23)C1)c1ccc2cc(Cl)ccc2c1. The van der Waals surface area contributed by atoms with Crippen LogP contribution in [-0.2, 0) is 16.4 Å². The molecular weight excluding hydrogens is 446 g/mol. The zero-order chi connectivity index (χ0) is 22.1. The van der Waals surface area contributed by atoms with Crippen molar-refractivity contribution in [3.05, 3.63) is 71.4 Å². The average Bonchev–Trinajstić information content (AvgIpc) is 3.40. The normalized spacial score (nSPS) is 17.5. The highest BCUT2D eigenvalue weighted by molar-refractivity contribution is 7.89. The van der Waals surface area contributed by atoms with Gasteiger partial charge in [-0.25, -0.2) is 13.1 Å². The van der Waals surface area contributed by atoms with E-state index in [4.69, 9.17) is 16.1 Å². The lowest BCUT2D eigenvalue weighted by atomic mass is 10.1. The molecule has 0 unspecified atom stereocenters. The van der Waals surface area contributed by atoms with E-state index >= 15 is 0 Å². The van der Waals surface area contributed by atoms with E-state index in [1.54, 1.807) is 24.3 Å². The summed E-state index contributed by atoms with van der Waals surface area (Å²) in [6, 6.07) is 18.4. The zero-order valence-electron chi connectivity index (χ0n) is 17.5. The number of nitrogens with one attached hydrogen (secondary N) is 1. The highest BCUT2D eigenvalue weighted by Crippen LogP contribution is 2.24. The molecule has 0 saturated carbocycles. The standard InChI is InChI=1S/C24H24ClN3O3S/c25-19-9-7-18-15-21(10-8-17(18)14-19)32(29,30)27-20-11-13-28(16-20)12-3-5-23-22-4-1-2-6-24(22)31-26-23/h1-2,4,6-10,14-15,20,27H,3,5,11-13,16H2/t20-/m1/s1. The Morgan fingerprint density at radius 2 is 1.91 bits per heavy atom. The molecule has 0 radical (unpaired) electrons. The van der Waals surface area contributed by atoms with Gasteiger partial charge in [0, 0.05) is 23.0 Å². The van der Waals surface area contributed by atoms with E-state index in [9.17, 15) is 8.42 Å². The second-order valence-corrected chi connectivity index (χ2v) is 10.4. The number of aromatic nitrogens is 1. The molecule has 2 heterocycles. The summed E-state index contributed by atoms with van der Waals surface area (Å²) in [6.45, 7) is 2.49. The summed E-state index contributed by atoms with van der Waals surface area (Å²) in [7, 11) is -3.58. The third-order valence-corrected chi connectivity index (χ3v) is 7.77. The van der Waals surface area contributed by atoms with Crippen molar-refractivity contribution in [2.75, 3.05) is 19.6 Å². The first-order chi connectivity index (χ1) is 15.5. The molecule has 0 aliphatic carbocycles. The first-order valence-electron chi connectivity index (χ1n) is 10.8. The molecule has 4 aromatic rings. The van der Waals surface area contributed by atoms with E-state index in [0.717, 1.165) is 59.8 Å². The Labute approximate surface area is 192 Å². The molecule has 8 heteroatoms. The molecule has 1 N–H and O–H groups in total. The van der Waals surface area contributed by atoms with Gasteiger partial charge in [-0.2, -0.15) is 0 Å². The number of nitrogens with zero attached hydrogens (tertiary/aromatic N) is 2. The number of hydrogen-bond acceptors (Lipinski definition) is 5. The van der Waals surface area contributed by atoms with Gasteiger partial charge in [-0.3, -0.25) is 0 Å². The monoisotopic (exact) mass is 469 g/mol. The minimum absolute atomic E-state index is 0.0891. The molecule has 0 bridgehead atoms.